The molecule has 5 nitrogen and oxygen atoms in total. The minimum absolute atomic E-state index is 0.504. The van der Waals surface area contributed by atoms with E-state index in [0.717, 1.165) is 48.0 Å². The lowest BCUT2D eigenvalue weighted by Crippen LogP contribution is -2.33. The summed E-state index contributed by atoms with van der Waals surface area (Å²) in [6.07, 6.45) is 6.26. The van der Waals surface area contributed by atoms with Crippen molar-refractivity contribution in [2.24, 2.45) is 0 Å². The second-order valence-corrected chi connectivity index (χ2v) is 8.57. The van der Waals surface area contributed by atoms with Gasteiger partial charge < -0.3 is 9.52 Å². The number of fused-ring (bicyclic) bond motifs is 1. The maximum Gasteiger partial charge on any atom is 0.160 e. The predicted octanol–water partition coefficient (Wildman–Crippen LogP) is 3.97. The zero-order chi connectivity index (χ0) is 17.2. The molecule has 1 aliphatic heterocycles. The lowest BCUT2D eigenvalue weighted by atomic mass is 10.0. The number of hydrogen-bond acceptors (Lipinski definition) is 5. The van der Waals surface area contributed by atoms with Gasteiger partial charge in [0.1, 0.15) is 5.76 Å². The molecule has 0 bridgehead atoms. The Bertz CT molecular complexity index is 703. The largest absolute Gasteiger partial charge is 0.454 e. The maximum absolute atomic E-state index is 9.70. The second-order valence-electron chi connectivity index (χ2n) is 7.27. The van der Waals surface area contributed by atoms with Crippen molar-refractivity contribution in [3.63, 3.8) is 0 Å². The van der Waals surface area contributed by atoms with E-state index in [1.165, 1.54) is 37.8 Å². The van der Waals surface area contributed by atoms with Crippen LogP contribution in [0.3, 0.4) is 0 Å². The molecule has 136 valence electrons. The fourth-order valence-corrected chi connectivity index (χ4v) is 4.96. The van der Waals surface area contributed by atoms with Gasteiger partial charge >= 0.3 is 0 Å². The van der Waals surface area contributed by atoms with Gasteiger partial charge in [-0.3, -0.25) is 9.58 Å². The lowest BCUT2D eigenvalue weighted by molar-refractivity contribution is 0.182. The Morgan fingerprint density at radius 3 is 2.92 bits per heavy atom. The van der Waals surface area contributed by atoms with Crippen molar-refractivity contribution in [1.82, 2.24) is 14.7 Å². The molecule has 3 heterocycles. The maximum atomic E-state index is 9.70. The molecule has 0 aromatic carbocycles. The van der Waals surface area contributed by atoms with Crippen LogP contribution in [0.4, 0.5) is 0 Å². The Hall–Kier alpha value is -1.24. The molecule has 1 N–H and O–H groups in total. The summed E-state index contributed by atoms with van der Waals surface area (Å²) in [4.78, 5) is 2.39. The van der Waals surface area contributed by atoms with Crippen molar-refractivity contribution >= 4 is 11.8 Å². The fourth-order valence-electron chi connectivity index (χ4n) is 3.76. The Kier molecular flexibility index (Phi) is 5.20. The zero-order valence-corrected chi connectivity index (χ0v) is 15.7. The Balaban J connectivity index is 1.34. The second kappa shape index (κ2) is 7.56. The Morgan fingerprint density at radius 1 is 1.28 bits per heavy atom. The van der Waals surface area contributed by atoms with Crippen molar-refractivity contribution < 1.29 is 9.52 Å². The van der Waals surface area contributed by atoms with E-state index in [1.807, 2.05) is 22.5 Å². The molecule has 0 unspecified atom stereocenters. The van der Waals surface area contributed by atoms with E-state index in [1.54, 1.807) is 6.92 Å². The number of rotatable bonds is 5. The Morgan fingerprint density at radius 2 is 2.12 bits per heavy atom. The Labute approximate surface area is 153 Å². The van der Waals surface area contributed by atoms with Crippen LogP contribution in [-0.2, 0) is 19.6 Å². The highest BCUT2D eigenvalue weighted by molar-refractivity contribution is 7.99. The molecule has 2 aromatic rings. The zero-order valence-electron chi connectivity index (χ0n) is 14.9. The third-order valence-electron chi connectivity index (χ3n) is 5.18. The van der Waals surface area contributed by atoms with E-state index < -0.39 is 6.10 Å². The summed E-state index contributed by atoms with van der Waals surface area (Å²) in [6, 6.07) is 6.27. The molecule has 1 fully saturated rings. The van der Waals surface area contributed by atoms with Gasteiger partial charge in [0.05, 0.1) is 30.6 Å². The van der Waals surface area contributed by atoms with E-state index in [4.69, 9.17) is 4.42 Å². The van der Waals surface area contributed by atoms with Crippen molar-refractivity contribution in [1.29, 1.82) is 0 Å². The third kappa shape index (κ3) is 4.13. The van der Waals surface area contributed by atoms with Crippen molar-refractivity contribution in [2.45, 2.75) is 75.1 Å². The summed E-state index contributed by atoms with van der Waals surface area (Å²) in [5, 5.41) is 16.0. The van der Waals surface area contributed by atoms with Crippen LogP contribution in [-0.4, -0.2) is 31.6 Å². The van der Waals surface area contributed by atoms with Crippen LogP contribution >= 0.6 is 11.8 Å². The van der Waals surface area contributed by atoms with Gasteiger partial charge in [-0.25, -0.2) is 0 Å². The number of furan rings is 1. The van der Waals surface area contributed by atoms with Crippen LogP contribution in [0.1, 0.15) is 62.3 Å². The molecular formula is C19H27N3O2S. The van der Waals surface area contributed by atoms with Gasteiger partial charge in [-0.2, -0.15) is 5.10 Å². The van der Waals surface area contributed by atoms with Gasteiger partial charge in [-0.1, -0.05) is 31.0 Å². The molecule has 1 atom stereocenters. The third-order valence-corrected chi connectivity index (χ3v) is 6.43. The topological polar surface area (TPSA) is 54.4 Å². The minimum Gasteiger partial charge on any atom is -0.454 e. The molecule has 0 saturated heterocycles. The molecule has 0 amide bonds. The summed E-state index contributed by atoms with van der Waals surface area (Å²) in [6.45, 7) is 5.28. The van der Waals surface area contributed by atoms with Crippen LogP contribution in [0.25, 0.3) is 0 Å². The van der Waals surface area contributed by atoms with Crippen LogP contribution in [0, 0.1) is 0 Å². The summed E-state index contributed by atoms with van der Waals surface area (Å²) in [5.41, 5.74) is 1.94. The lowest BCUT2D eigenvalue weighted by Gasteiger charge is -2.26. The van der Waals surface area contributed by atoms with Gasteiger partial charge in [0.25, 0.3) is 0 Å². The average molecular weight is 362 g/mol. The predicted molar refractivity (Wildman–Crippen MR) is 98.4 cm³/mol. The highest BCUT2D eigenvalue weighted by Gasteiger charge is 2.21. The highest BCUT2D eigenvalue weighted by Crippen LogP contribution is 2.34. The first-order valence-electron chi connectivity index (χ1n) is 9.40. The summed E-state index contributed by atoms with van der Waals surface area (Å²) in [7, 11) is 0. The molecule has 25 heavy (non-hydrogen) atoms. The van der Waals surface area contributed by atoms with E-state index in [-0.39, 0.29) is 0 Å². The number of thioether (sulfide) groups is 1. The average Bonchev–Trinajstić information content (AvgIpc) is 3.22. The quantitative estimate of drug-likeness (QED) is 0.873. The van der Waals surface area contributed by atoms with Gasteiger partial charge in [0.2, 0.25) is 0 Å². The van der Waals surface area contributed by atoms with E-state index in [2.05, 4.69) is 22.1 Å². The number of hydrogen-bond donors (Lipinski definition) is 1. The molecule has 1 saturated carbocycles. The van der Waals surface area contributed by atoms with Crippen LogP contribution in [0.5, 0.6) is 0 Å². The molecule has 0 radical (unpaired) electrons. The molecule has 2 aromatic heterocycles. The molecule has 2 aliphatic rings. The van der Waals surface area contributed by atoms with Crippen LogP contribution in [0.2, 0.25) is 0 Å². The highest BCUT2D eigenvalue weighted by atomic mass is 32.2. The number of aliphatic hydroxyl groups is 1. The summed E-state index contributed by atoms with van der Waals surface area (Å²) < 4.78 is 8.10. The molecule has 6 heteroatoms. The van der Waals surface area contributed by atoms with E-state index in [9.17, 15) is 5.11 Å². The monoisotopic (exact) mass is 361 g/mol. The van der Waals surface area contributed by atoms with Gasteiger partial charge in [-0.15, -0.1) is 0 Å². The van der Waals surface area contributed by atoms with Crippen LogP contribution in [0.15, 0.2) is 27.7 Å². The molecule has 1 aliphatic carbocycles. The number of nitrogens with zero attached hydrogens (tertiary/aromatic N) is 3. The van der Waals surface area contributed by atoms with Gasteiger partial charge in [-0.05, 0) is 38.0 Å². The normalized spacial score (nSPS) is 20.6. The first kappa shape index (κ1) is 17.2. The molecule has 4 rings (SSSR count). The minimum atomic E-state index is -0.504. The molecular weight excluding hydrogens is 334 g/mol. The number of aliphatic hydroxyl groups excluding tert-OH is 1. The van der Waals surface area contributed by atoms with Gasteiger partial charge in [0.15, 0.2) is 5.09 Å². The smallest absolute Gasteiger partial charge is 0.160 e. The van der Waals surface area contributed by atoms with Crippen molar-refractivity contribution in [3.8, 4) is 0 Å². The van der Waals surface area contributed by atoms with E-state index >= 15 is 0 Å². The van der Waals surface area contributed by atoms with Crippen molar-refractivity contribution in [2.75, 3.05) is 6.54 Å². The molecule has 0 spiro atoms. The first-order chi connectivity index (χ1) is 12.2. The first-order valence-corrected chi connectivity index (χ1v) is 10.3. The SMILES string of the molecule is C[C@@H](O)c1cc2n(n1)CCN(Cc1ccc(SC3CCCCC3)o1)C2. The van der Waals surface area contributed by atoms with Gasteiger partial charge in [0, 0.05) is 18.3 Å². The van der Waals surface area contributed by atoms with E-state index in [0.29, 0.717) is 0 Å². The van der Waals surface area contributed by atoms with Crippen LogP contribution < -0.4 is 0 Å². The standard InChI is InChI=1S/C19H27N3O2S/c1-14(23)18-11-15-12-21(9-10-22(15)20-18)13-16-7-8-19(24-16)25-17-5-3-2-4-6-17/h7-8,11,14,17,23H,2-6,9-10,12-13H2,1H3/t14-/m1/s1. The number of aromatic nitrogens is 2. The fraction of sp³-hybridized carbons (Fsp3) is 0.632. The summed E-state index contributed by atoms with van der Waals surface area (Å²) in [5.74, 6) is 1.04. The van der Waals surface area contributed by atoms with Crippen molar-refractivity contribution in [3.05, 3.63) is 35.3 Å². The summed E-state index contributed by atoms with van der Waals surface area (Å²) >= 11 is 1.92.